The number of aromatic amines is 1. The maximum absolute atomic E-state index is 4.73. The monoisotopic (exact) mass is 257 g/mol. The number of imidazole rings is 1. The van der Waals surface area contributed by atoms with Crippen molar-refractivity contribution in [2.45, 2.75) is 52.4 Å². The Kier molecular flexibility index (Phi) is 3.08. The first kappa shape index (κ1) is 12.6. The summed E-state index contributed by atoms with van der Waals surface area (Å²) < 4.78 is 0. The van der Waals surface area contributed by atoms with Gasteiger partial charge in [0.15, 0.2) is 0 Å². The van der Waals surface area contributed by atoms with Crippen molar-refractivity contribution in [1.82, 2.24) is 15.0 Å². The molecule has 2 aromatic heterocycles. The molecule has 1 saturated carbocycles. The summed E-state index contributed by atoms with van der Waals surface area (Å²) in [6.07, 6.45) is 8.84. The van der Waals surface area contributed by atoms with E-state index >= 15 is 0 Å². The van der Waals surface area contributed by atoms with Gasteiger partial charge in [-0.2, -0.15) is 0 Å². The van der Waals surface area contributed by atoms with Crippen LogP contribution in [0.2, 0.25) is 0 Å². The fraction of sp³-hybridized carbons (Fsp3) is 0.625. The zero-order valence-electron chi connectivity index (χ0n) is 12.1. The topological polar surface area (TPSA) is 41.6 Å². The van der Waals surface area contributed by atoms with Gasteiger partial charge in [-0.05, 0) is 43.1 Å². The summed E-state index contributed by atoms with van der Waals surface area (Å²) in [7, 11) is 0. The van der Waals surface area contributed by atoms with Crippen LogP contribution in [0, 0.1) is 11.3 Å². The van der Waals surface area contributed by atoms with Crippen LogP contribution >= 0.6 is 0 Å². The Morgan fingerprint density at radius 2 is 1.89 bits per heavy atom. The molecule has 2 heterocycles. The van der Waals surface area contributed by atoms with Crippen molar-refractivity contribution < 1.29 is 0 Å². The summed E-state index contributed by atoms with van der Waals surface area (Å²) in [5.41, 5.74) is 2.56. The molecule has 3 heteroatoms. The number of fused-ring (bicyclic) bond motifs is 1. The molecule has 1 N–H and O–H groups in total. The standard InChI is InChI=1S/C16H23N3/c1-16(2,3)12-6-4-11(5-7-12)15-18-13-8-9-17-10-14(13)19-15/h8-12H,4-7H2,1-3H3,(H,18,19). The van der Waals surface area contributed by atoms with Crippen LogP contribution in [0.25, 0.3) is 11.0 Å². The fourth-order valence-electron chi connectivity index (χ4n) is 3.30. The number of hydrogen-bond donors (Lipinski definition) is 1. The molecule has 0 bridgehead atoms. The number of hydrogen-bond acceptors (Lipinski definition) is 2. The molecule has 0 saturated heterocycles. The molecule has 3 rings (SSSR count). The second-order valence-corrected chi connectivity index (χ2v) is 6.93. The second kappa shape index (κ2) is 4.62. The van der Waals surface area contributed by atoms with Crippen molar-refractivity contribution in [2.24, 2.45) is 11.3 Å². The summed E-state index contributed by atoms with van der Waals surface area (Å²) in [6, 6.07) is 1.98. The van der Waals surface area contributed by atoms with Crippen molar-refractivity contribution in [2.75, 3.05) is 0 Å². The van der Waals surface area contributed by atoms with E-state index in [4.69, 9.17) is 4.98 Å². The largest absolute Gasteiger partial charge is 0.340 e. The van der Waals surface area contributed by atoms with Gasteiger partial charge in [-0.1, -0.05) is 20.8 Å². The fourth-order valence-corrected chi connectivity index (χ4v) is 3.30. The first-order chi connectivity index (χ1) is 9.04. The normalized spacial score (nSPS) is 24.8. The molecule has 1 fully saturated rings. The Morgan fingerprint density at radius 1 is 1.16 bits per heavy atom. The highest BCUT2D eigenvalue weighted by atomic mass is 14.9. The first-order valence-corrected chi connectivity index (χ1v) is 7.33. The third kappa shape index (κ3) is 2.51. The number of pyridine rings is 1. The van der Waals surface area contributed by atoms with Crippen LogP contribution in [0.1, 0.15) is 58.2 Å². The molecule has 2 aromatic rings. The summed E-state index contributed by atoms with van der Waals surface area (Å²) in [4.78, 5) is 12.3. The minimum absolute atomic E-state index is 0.447. The van der Waals surface area contributed by atoms with Crippen molar-refractivity contribution in [1.29, 1.82) is 0 Å². The third-order valence-electron chi connectivity index (χ3n) is 4.64. The van der Waals surface area contributed by atoms with E-state index in [0.717, 1.165) is 22.8 Å². The minimum Gasteiger partial charge on any atom is -0.340 e. The van der Waals surface area contributed by atoms with Crippen molar-refractivity contribution in [3.05, 3.63) is 24.3 Å². The predicted octanol–water partition coefficient (Wildman–Crippen LogP) is 4.28. The predicted molar refractivity (Wildman–Crippen MR) is 78.0 cm³/mol. The average molecular weight is 257 g/mol. The highest BCUT2D eigenvalue weighted by molar-refractivity contribution is 5.73. The van der Waals surface area contributed by atoms with Gasteiger partial charge in [0.1, 0.15) is 5.82 Å². The van der Waals surface area contributed by atoms with Gasteiger partial charge in [0, 0.05) is 12.1 Å². The molecule has 1 aliphatic carbocycles. The van der Waals surface area contributed by atoms with Crippen LogP contribution in [-0.4, -0.2) is 15.0 Å². The minimum atomic E-state index is 0.447. The molecule has 0 aliphatic heterocycles. The van der Waals surface area contributed by atoms with E-state index in [-0.39, 0.29) is 0 Å². The van der Waals surface area contributed by atoms with E-state index in [2.05, 4.69) is 30.7 Å². The van der Waals surface area contributed by atoms with Gasteiger partial charge < -0.3 is 4.98 Å². The molecule has 0 spiro atoms. The Morgan fingerprint density at radius 3 is 2.53 bits per heavy atom. The number of nitrogens with zero attached hydrogens (tertiary/aromatic N) is 2. The summed E-state index contributed by atoms with van der Waals surface area (Å²) in [6.45, 7) is 7.10. The maximum atomic E-state index is 4.73. The molecule has 0 atom stereocenters. The maximum Gasteiger partial charge on any atom is 0.110 e. The van der Waals surface area contributed by atoms with Crippen LogP contribution in [0.5, 0.6) is 0 Å². The zero-order valence-corrected chi connectivity index (χ0v) is 12.1. The lowest BCUT2D eigenvalue weighted by Gasteiger charge is -2.36. The third-order valence-corrected chi connectivity index (χ3v) is 4.64. The molecular formula is C16H23N3. The first-order valence-electron chi connectivity index (χ1n) is 7.33. The quantitative estimate of drug-likeness (QED) is 0.828. The van der Waals surface area contributed by atoms with Crippen molar-refractivity contribution in [3.63, 3.8) is 0 Å². The van der Waals surface area contributed by atoms with Gasteiger partial charge >= 0.3 is 0 Å². The van der Waals surface area contributed by atoms with Gasteiger partial charge in [-0.3, -0.25) is 4.98 Å². The molecule has 0 radical (unpaired) electrons. The van der Waals surface area contributed by atoms with Gasteiger partial charge in [-0.15, -0.1) is 0 Å². The second-order valence-electron chi connectivity index (χ2n) is 6.93. The van der Waals surface area contributed by atoms with E-state index in [1.165, 1.54) is 25.7 Å². The van der Waals surface area contributed by atoms with Crippen LogP contribution in [-0.2, 0) is 0 Å². The lowest BCUT2D eigenvalue weighted by molar-refractivity contribution is 0.167. The van der Waals surface area contributed by atoms with Crippen LogP contribution in [0.3, 0.4) is 0 Å². The summed E-state index contributed by atoms with van der Waals surface area (Å²) >= 11 is 0. The molecule has 19 heavy (non-hydrogen) atoms. The van der Waals surface area contributed by atoms with E-state index in [1.807, 2.05) is 18.5 Å². The van der Waals surface area contributed by atoms with Gasteiger partial charge in [-0.25, -0.2) is 4.98 Å². The van der Waals surface area contributed by atoms with Gasteiger partial charge in [0.2, 0.25) is 0 Å². The number of H-pyrrole nitrogens is 1. The molecule has 3 nitrogen and oxygen atoms in total. The Labute approximate surface area is 114 Å². The SMILES string of the molecule is CC(C)(C)C1CCC(c2nc3ccncc3[nH]2)CC1. The lowest BCUT2D eigenvalue weighted by atomic mass is 9.70. The zero-order chi connectivity index (χ0) is 13.5. The van der Waals surface area contributed by atoms with E-state index in [0.29, 0.717) is 11.3 Å². The van der Waals surface area contributed by atoms with Crippen LogP contribution in [0.15, 0.2) is 18.5 Å². The van der Waals surface area contributed by atoms with Crippen molar-refractivity contribution >= 4 is 11.0 Å². The summed E-state index contributed by atoms with van der Waals surface area (Å²) in [5.74, 6) is 2.62. The number of rotatable bonds is 1. The smallest absolute Gasteiger partial charge is 0.110 e. The Balaban J connectivity index is 1.74. The highest BCUT2D eigenvalue weighted by Crippen LogP contribution is 2.42. The Hall–Kier alpha value is -1.38. The van der Waals surface area contributed by atoms with E-state index in [1.54, 1.807) is 0 Å². The number of aromatic nitrogens is 3. The number of nitrogens with one attached hydrogen (secondary N) is 1. The molecule has 1 aliphatic rings. The molecule has 0 aromatic carbocycles. The van der Waals surface area contributed by atoms with Gasteiger partial charge in [0.05, 0.1) is 17.2 Å². The van der Waals surface area contributed by atoms with E-state index in [9.17, 15) is 0 Å². The van der Waals surface area contributed by atoms with Crippen LogP contribution < -0.4 is 0 Å². The highest BCUT2D eigenvalue weighted by Gasteiger charge is 2.31. The molecular weight excluding hydrogens is 234 g/mol. The Bertz CT molecular complexity index is 524. The average Bonchev–Trinajstić information content (AvgIpc) is 2.81. The molecule has 0 amide bonds. The molecule has 0 unspecified atom stereocenters. The van der Waals surface area contributed by atoms with Crippen molar-refractivity contribution in [3.8, 4) is 0 Å². The molecule has 102 valence electrons. The summed E-state index contributed by atoms with van der Waals surface area (Å²) in [5, 5.41) is 0. The van der Waals surface area contributed by atoms with Crippen LogP contribution in [0.4, 0.5) is 0 Å². The van der Waals surface area contributed by atoms with E-state index < -0.39 is 0 Å². The lowest BCUT2D eigenvalue weighted by Crippen LogP contribution is -2.25. The van der Waals surface area contributed by atoms with Gasteiger partial charge in [0.25, 0.3) is 0 Å².